The van der Waals surface area contributed by atoms with Crippen LogP contribution in [0, 0.1) is 18.2 Å². The molecule has 190 valence electrons. The van der Waals surface area contributed by atoms with Crippen molar-refractivity contribution in [2.75, 3.05) is 4.90 Å². The first-order chi connectivity index (χ1) is 18.9. The minimum Gasteiger partial charge on any atom is -0.352 e. The molecule has 0 aromatic heterocycles. The van der Waals surface area contributed by atoms with Gasteiger partial charge in [0.1, 0.15) is 17.3 Å². The summed E-state index contributed by atoms with van der Waals surface area (Å²) in [4.78, 5) is 45.6. The van der Waals surface area contributed by atoms with Crippen LogP contribution >= 0.6 is 0 Å². The molecular formula is C34H24FNO3. The molecular weight excluding hydrogens is 489 g/mol. The van der Waals surface area contributed by atoms with Crippen LogP contribution in [0.25, 0.3) is 6.08 Å². The van der Waals surface area contributed by atoms with Gasteiger partial charge in [0, 0.05) is 28.3 Å². The van der Waals surface area contributed by atoms with E-state index in [2.05, 4.69) is 0 Å². The maximum absolute atomic E-state index is 14.6. The van der Waals surface area contributed by atoms with Gasteiger partial charge in [0.05, 0.1) is 6.04 Å². The lowest BCUT2D eigenvalue weighted by Crippen LogP contribution is -2.48. The first-order valence-corrected chi connectivity index (χ1v) is 13.0. The van der Waals surface area contributed by atoms with Gasteiger partial charge < -0.3 is 4.90 Å². The summed E-state index contributed by atoms with van der Waals surface area (Å²) >= 11 is 0. The van der Waals surface area contributed by atoms with Crippen LogP contribution in [0.4, 0.5) is 10.1 Å². The van der Waals surface area contributed by atoms with Gasteiger partial charge in [0.15, 0.2) is 17.3 Å². The van der Waals surface area contributed by atoms with Crippen molar-refractivity contribution in [1.29, 1.82) is 0 Å². The number of rotatable bonds is 3. The van der Waals surface area contributed by atoms with Gasteiger partial charge in [0.25, 0.3) is 0 Å². The van der Waals surface area contributed by atoms with Crippen molar-refractivity contribution >= 4 is 29.1 Å². The molecule has 1 fully saturated rings. The molecule has 0 bridgehead atoms. The molecule has 7 rings (SSSR count). The van der Waals surface area contributed by atoms with Crippen molar-refractivity contribution in [1.82, 2.24) is 0 Å². The third kappa shape index (κ3) is 3.13. The number of anilines is 1. The molecule has 1 spiro atoms. The molecule has 5 heteroatoms. The van der Waals surface area contributed by atoms with Crippen molar-refractivity contribution in [2.45, 2.75) is 24.9 Å². The molecule has 0 radical (unpaired) electrons. The molecule has 4 aromatic carbocycles. The van der Waals surface area contributed by atoms with Crippen molar-refractivity contribution in [2.24, 2.45) is 5.41 Å². The second kappa shape index (κ2) is 8.43. The first kappa shape index (κ1) is 23.5. The van der Waals surface area contributed by atoms with E-state index in [-0.39, 0.29) is 17.3 Å². The SMILES string of the molecule is Cc1ccc2c(c1)N1[C@@H](C=C2)C2(C(=O)c3ccccc3C2=O)[C@H](c2ccc(F)cc2)[C@@H]1C(=O)c1ccccc1. The molecule has 0 amide bonds. The maximum atomic E-state index is 14.6. The molecule has 0 N–H and O–H groups in total. The lowest BCUT2D eigenvalue weighted by atomic mass is 9.64. The molecule has 4 aromatic rings. The van der Waals surface area contributed by atoms with Crippen LogP contribution in [0.3, 0.4) is 0 Å². The Bertz CT molecular complexity index is 1670. The molecule has 2 heterocycles. The Morgan fingerprint density at radius 1 is 0.821 bits per heavy atom. The number of halogens is 1. The minimum absolute atomic E-state index is 0.189. The summed E-state index contributed by atoms with van der Waals surface area (Å²) < 4.78 is 14.1. The number of nitrogens with zero attached hydrogens (tertiary/aromatic N) is 1. The predicted octanol–water partition coefficient (Wildman–Crippen LogP) is 6.45. The molecule has 3 aliphatic rings. The van der Waals surface area contributed by atoms with Crippen LogP contribution < -0.4 is 4.90 Å². The van der Waals surface area contributed by atoms with Gasteiger partial charge in [-0.05, 0) is 41.8 Å². The quantitative estimate of drug-likeness (QED) is 0.233. The summed E-state index contributed by atoms with van der Waals surface area (Å²) in [6.07, 6.45) is 3.84. The average Bonchev–Trinajstić information content (AvgIpc) is 3.40. The van der Waals surface area contributed by atoms with E-state index in [4.69, 9.17) is 0 Å². The highest BCUT2D eigenvalue weighted by atomic mass is 19.1. The van der Waals surface area contributed by atoms with E-state index in [1.165, 1.54) is 12.1 Å². The fourth-order valence-corrected chi connectivity index (χ4v) is 6.89. The van der Waals surface area contributed by atoms with Gasteiger partial charge in [-0.2, -0.15) is 0 Å². The number of hydrogen-bond donors (Lipinski definition) is 0. The number of benzene rings is 4. The zero-order valence-electron chi connectivity index (χ0n) is 21.2. The van der Waals surface area contributed by atoms with E-state index in [1.807, 2.05) is 48.2 Å². The van der Waals surface area contributed by atoms with E-state index in [9.17, 15) is 18.8 Å². The Labute approximate surface area is 225 Å². The summed E-state index contributed by atoms with van der Waals surface area (Å²) in [6, 6.07) is 26.1. The molecule has 39 heavy (non-hydrogen) atoms. The normalized spacial score (nSPS) is 22.1. The average molecular weight is 514 g/mol. The molecule has 0 saturated carbocycles. The van der Waals surface area contributed by atoms with Gasteiger partial charge in [-0.1, -0.05) is 91.0 Å². The summed E-state index contributed by atoms with van der Waals surface area (Å²) in [5.74, 6) is -2.05. The zero-order chi connectivity index (χ0) is 26.9. The third-order valence-corrected chi connectivity index (χ3v) is 8.52. The van der Waals surface area contributed by atoms with Gasteiger partial charge in [-0.25, -0.2) is 4.39 Å². The fourth-order valence-electron chi connectivity index (χ4n) is 6.89. The number of carbonyl (C=O) groups is 3. The highest BCUT2D eigenvalue weighted by Gasteiger charge is 2.71. The number of Topliss-reactive ketones (excluding diaryl/α,β-unsaturated/α-hetero) is 3. The topological polar surface area (TPSA) is 54.5 Å². The number of carbonyl (C=O) groups excluding carboxylic acids is 3. The van der Waals surface area contributed by atoms with Crippen molar-refractivity contribution in [3.05, 3.63) is 142 Å². The Balaban J connectivity index is 1.56. The summed E-state index contributed by atoms with van der Waals surface area (Å²) in [6.45, 7) is 1.98. The van der Waals surface area contributed by atoms with E-state index in [1.54, 1.807) is 60.7 Å². The highest BCUT2D eigenvalue weighted by Crippen LogP contribution is 2.61. The van der Waals surface area contributed by atoms with E-state index < -0.39 is 29.2 Å². The van der Waals surface area contributed by atoms with E-state index >= 15 is 0 Å². The lowest BCUT2D eigenvalue weighted by molar-refractivity contribution is 0.0666. The molecule has 3 atom stereocenters. The van der Waals surface area contributed by atoms with Gasteiger partial charge in [0.2, 0.25) is 0 Å². The van der Waals surface area contributed by atoms with Crippen LogP contribution in [-0.2, 0) is 0 Å². The van der Waals surface area contributed by atoms with Crippen LogP contribution in [0.2, 0.25) is 0 Å². The Kier molecular flexibility index (Phi) is 5.08. The van der Waals surface area contributed by atoms with Gasteiger partial charge >= 0.3 is 0 Å². The van der Waals surface area contributed by atoms with Gasteiger partial charge in [-0.15, -0.1) is 0 Å². The molecule has 1 aliphatic carbocycles. The first-order valence-electron chi connectivity index (χ1n) is 13.0. The second-order valence-electron chi connectivity index (χ2n) is 10.6. The second-order valence-corrected chi connectivity index (χ2v) is 10.6. The van der Waals surface area contributed by atoms with Crippen LogP contribution in [0.5, 0.6) is 0 Å². The maximum Gasteiger partial charge on any atom is 0.185 e. The number of hydrogen-bond acceptors (Lipinski definition) is 4. The summed E-state index contributed by atoms with van der Waals surface area (Å²) in [5, 5.41) is 0. The molecule has 2 aliphatic heterocycles. The number of aryl methyl sites for hydroxylation is 1. The van der Waals surface area contributed by atoms with E-state index in [0.29, 0.717) is 22.3 Å². The van der Waals surface area contributed by atoms with Crippen LogP contribution in [0.15, 0.2) is 103 Å². The fraction of sp³-hybridized carbons (Fsp3) is 0.147. The monoisotopic (exact) mass is 513 g/mol. The summed E-state index contributed by atoms with van der Waals surface area (Å²) in [5.41, 5.74) is 2.93. The standard InChI is InChI=1S/C34H24FNO3/c1-20-11-12-21-15-18-28-34(32(38)25-9-5-6-10-26(25)33(34)39)29(22-13-16-24(35)17-14-22)30(36(28)27(21)19-20)31(37)23-7-3-2-4-8-23/h2-19,28-30H,1H3/t28-,29+,30+/m0/s1. The van der Waals surface area contributed by atoms with E-state index in [0.717, 1.165) is 16.8 Å². The molecule has 0 unspecified atom stereocenters. The van der Waals surface area contributed by atoms with Crippen molar-refractivity contribution in [3.63, 3.8) is 0 Å². The molecule has 4 nitrogen and oxygen atoms in total. The Morgan fingerprint density at radius 2 is 1.46 bits per heavy atom. The predicted molar refractivity (Wildman–Crippen MR) is 148 cm³/mol. The van der Waals surface area contributed by atoms with Gasteiger partial charge in [-0.3, -0.25) is 14.4 Å². The molecule has 1 saturated heterocycles. The third-order valence-electron chi connectivity index (χ3n) is 8.52. The number of fused-ring (bicyclic) bond motifs is 5. The zero-order valence-corrected chi connectivity index (χ0v) is 21.2. The lowest BCUT2D eigenvalue weighted by Gasteiger charge is -2.37. The highest BCUT2D eigenvalue weighted by molar-refractivity contribution is 6.32. The van der Waals surface area contributed by atoms with Crippen molar-refractivity contribution in [3.8, 4) is 0 Å². The smallest absolute Gasteiger partial charge is 0.185 e. The summed E-state index contributed by atoms with van der Waals surface area (Å²) in [7, 11) is 0. The number of ketones is 3. The Hall–Kier alpha value is -4.64. The largest absolute Gasteiger partial charge is 0.352 e. The van der Waals surface area contributed by atoms with Crippen molar-refractivity contribution < 1.29 is 18.8 Å². The Morgan fingerprint density at radius 3 is 2.13 bits per heavy atom. The minimum atomic E-state index is -1.59. The van der Waals surface area contributed by atoms with Crippen LogP contribution in [-0.4, -0.2) is 29.4 Å². The van der Waals surface area contributed by atoms with Crippen LogP contribution in [0.1, 0.15) is 53.7 Å².